The molecule has 7 nitrogen and oxygen atoms in total. The van der Waals surface area contributed by atoms with Crippen molar-refractivity contribution in [3.8, 4) is 22.3 Å². The number of carbonyl (C=O) groups excluding carboxylic acids is 2. The zero-order valence-electron chi connectivity index (χ0n) is 22.1. The Morgan fingerprint density at radius 3 is 2.34 bits per heavy atom. The summed E-state index contributed by atoms with van der Waals surface area (Å²) in [6, 6.07) is 17.4. The summed E-state index contributed by atoms with van der Waals surface area (Å²) >= 11 is 0. The molecule has 1 aromatic carbocycles. The van der Waals surface area contributed by atoms with Gasteiger partial charge in [-0.05, 0) is 72.9 Å². The highest BCUT2D eigenvalue weighted by molar-refractivity contribution is 6.04. The minimum absolute atomic E-state index is 0.0327. The summed E-state index contributed by atoms with van der Waals surface area (Å²) in [4.78, 5) is 38.4. The molecule has 3 aromatic heterocycles. The Kier molecular flexibility index (Phi) is 6.76. The molecule has 192 valence electrons. The maximum absolute atomic E-state index is 13.0. The van der Waals surface area contributed by atoms with Crippen LogP contribution in [0.3, 0.4) is 0 Å². The summed E-state index contributed by atoms with van der Waals surface area (Å²) in [6.45, 7) is 8.15. The van der Waals surface area contributed by atoms with Gasteiger partial charge in [0.15, 0.2) is 0 Å². The van der Waals surface area contributed by atoms with E-state index in [9.17, 15) is 9.59 Å². The van der Waals surface area contributed by atoms with E-state index in [1.165, 1.54) is 0 Å². The molecule has 0 unspecified atom stereocenters. The van der Waals surface area contributed by atoms with E-state index in [2.05, 4.69) is 52.4 Å². The van der Waals surface area contributed by atoms with Crippen molar-refractivity contribution >= 4 is 23.3 Å². The number of aromatic nitrogens is 3. The van der Waals surface area contributed by atoms with Crippen molar-refractivity contribution in [3.05, 3.63) is 90.1 Å². The second kappa shape index (κ2) is 10.2. The largest absolute Gasteiger partial charge is 0.321 e. The molecule has 2 amide bonds. The first-order valence-electron chi connectivity index (χ1n) is 12.8. The topological polar surface area (TPSA) is 96.9 Å². The molecule has 1 aliphatic rings. The van der Waals surface area contributed by atoms with Crippen molar-refractivity contribution in [2.24, 2.45) is 5.92 Å². The fourth-order valence-electron chi connectivity index (χ4n) is 4.20. The number of anilines is 2. The third-order valence-corrected chi connectivity index (χ3v) is 6.60. The van der Waals surface area contributed by atoms with Gasteiger partial charge in [-0.15, -0.1) is 0 Å². The standard InChI is InChI=1S/C31H31N5O2/c1-19-26(17-25(18-34-19)35-30(38)24-11-12-32-27(15-24)31(2,3)4)23-7-5-6-21(14-23)22-10-13-33-28(16-22)36-29(37)20-8-9-20/h5-7,10-18,20H,8-9H2,1-4H3,(H,35,38)(H,33,36,37). The lowest BCUT2D eigenvalue weighted by Gasteiger charge is -2.18. The van der Waals surface area contributed by atoms with Gasteiger partial charge in [-0.25, -0.2) is 4.98 Å². The Hall–Kier alpha value is -4.39. The van der Waals surface area contributed by atoms with Gasteiger partial charge in [0, 0.05) is 46.2 Å². The molecule has 7 heteroatoms. The average Bonchev–Trinajstić information content (AvgIpc) is 3.75. The molecule has 3 heterocycles. The molecule has 5 rings (SSSR count). The van der Waals surface area contributed by atoms with E-state index in [4.69, 9.17) is 0 Å². The van der Waals surface area contributed by atoms with Crippen LogP contribution >= 0.6 is 0 Å². The lowest BCUT2D eigenvalue weighted by Crippen LogP contribution is -2.17. The smallest absolute Gasteiger partial charge is 0.255 e. The zero-order chi connectivity index (χ0) is 26.9. The number of aryl methyl sites for hydroxylation is 1. The van der Waals surface area contributed by atoms with Gasteiger partial charge in [-0.3, -0.25) is 19.6 Å². The van der Waals surface area contributed by atoms with Crippen LogP contribution in [0.1, 0.15) is 55.4 Å². The minimum Gasteiger partial charge on any atom is -0.321 e. The van der Waals surface area contributed by atoms with E-state index in [1.807, 2.05) is 49.4 Å². The van der Waals surface area contributed by atoms with Crippen molar-refractivity contribution in [3.63, 3.8) is 0 Å². The van der Waals surface area contributed by atoms with Crippen LogP contribution in [0.5, 0.6) is 0 Å². The van der Waals surface area contributed by atoms with Gasteiger partial charge < -0.3 is 10.6 Å². The quantitative estimate of drug-likeness (QED) is 0.315. The predicted octanol–water partition coefficient (Wildman–Crippen LogP) is 6.41. The van der Waals surface area contributed by atoms with Crippen molar-refractivity contribution in [2.75, 3.05) is 10.6 Å². The monoisotopic (exact) mass is 505 g/mol. The molecular weight excluding hydrogens is 474 g/mol. The van der Waals surface area contributed by atoms with Crippen molar-refractivity contribution in [1.82, 2.24) is 15.0 Å². The third kappa shape index (κ3) is 5.78. The Morgan fingerprint density at radius 2 is 1.58 bits per heavy atom. The van der Waals surface area contributed by atoms with Gasteiger partial charge >= 0.3 is 0 Å². The summed E-state index contributed by atoms with van der Waals surface area (Å²) in [5.74, 6) is 0.496. The molecule has 1 saturated carbocycles. The molecule has 0 aliphatic heterocycles. The summed E-state index contributed by atoms with van der Waals surface area (Å²) in [7, 11) is 0. The van der Waals surface area contributed by atoms with Crippen molar-refractivity contribution < 1.29 is 9.59 Å². The number of carbonyl (C=O) groups is 2. The first kappa shape index (κ1) is 25.3. The molecule has 0 saturated heterocycles. The second-order valence-electron chi connectivity index (χ2n) is 10.8. The summed E-state index contributed by atoms with van der Waals surface area (Å²) < 4.78 is 0. The maximum Gasteiger partial charge on any atom is 0.255 e. The third-order valence-electron chi connectivity index (χ3n) is 6.60. The van der Waals surface area contributed by atoms with E-state index in [-0.39, 0.29) is 23.1 Å². The van der Waals surface area contributed by atoms with E-state index >= 15 is 0 Å². The Balaban J connectivity index is 1.38. The molecule has 1 fully saturated rings. The number of rotatable bonds is 6. The number of benzene rings is 1. The molecule has 0 radical (unpaired) electrons. The van der Waals surface area contributed by atoms with Crippen LogP contribution in [0.15, 0.2) is 73.2 Å². The highest BCUT2D eigenvalue weighted by Crippen LogP contribution is 2.32. The Labute approximate surface area is 222 Å². The van der Waals surface area contributed by atoms with Crippen LogP contribution in [0.25, 0.3) is 22.3 Å². The summed E-state index contributed by atoms with van der Waals surface area (Å²) in [6.07, 6.45) is 6.94. The molecule has 0 spiro atoms. The first-order chi connectivity index (χ1) is 18.2. The van der Waals surface area contributed by atoms with Crippen molar-refractivity contribution in [1.29, 1.82) is 0 Å². The van der Waals surface area contributed by atoms with Crippen LogP contribution < -0.4 is 10.6 Å². The van der Waals surface area contributed by atoms with Crippen LogP contribution in [0.2, 0.25) is 0 Å². The summed E-state index contributed by atoms with van der Waals surface area (Å²) in [5, 5.41) is 5.90. The predicted molar refractivity (Wildman–Crippen MR) is 150 cm³/mol. The lowest BCUT2D eigenvalue weighted by atomic mass is 9.91. The van der Waals surface area contributed by atoms with Gasteiger partial charge in [0.2, 0.25) is 5.91 Å². The van der Waals surface area contributed by atoms with Gasteiger partial charge in [0.1, 0.15) is 5.82 Å². The number of hydrogen-bond acceptors (Lipinski definition) is 5. The maximum atomic E-state index is 13.0. The lowest BCUT2D eigenvalue weighted by molar-refractivity contribution is -0.117. The van der Waals surface area contributed by atoms with Gasteiger partial charge in [-0.2, -0.15) is 0 Å². The van der Waals surface area contributed by atoms with Crippen LogP contribution in [0.4, 0.5) is 11.5 Å². The number of amides is 2. The van der Waals surface area contributed by atoms with Gasteiger partial charge in [0.05, 0.1) is 11.9 Å². The number of nitrogens with one attached hydrogen (secondary N) is 2. The first-order valence-corrected chi connectivity index (χ1v) is 12.8. The highest BCUT2D eigenvalue weighted by atomic mass is 16.2. The minimum atomic E-state index is -0.208. The SMILES string of the molecule is Cc1ncc(NC(=O)c2ccnc(C(C)(C)C)c2)cc1-c1cccc(-c2ccnc(NC(=O)C3CC3)c2)c1. The molecule has 38 heavy (non-hydrogen) atoms. The average molecular weight is 506 g/mol. The fourth-order valence-corrected chi connectivity index (χ4v) is 4.20. The molecule has 0 atom stereocenters. The Morgan fingerprint density at radius 1 is 0.842 bits per heavy atom. The zero-order valence-corrected chi connectivity index (χ0v) is 22.1. The second-order valence-corrected chi connectivity index (χ2v) is 10.8. The van der Waals surface area contributed by atoms with Gasteiger partial charge in [-0.1, -0.05) is 39.0 Å². The van der Waals surface area contributed by atoms with Crippen LogP contribution in [-0.2, 0) is 10.2 Å². The van der Waals surface area contributed by atoms with E-state index in [1.54, 1.807) is 24.7 Å². The van der Waals surface area contributed by atoms with Gasteiger partial charge in [0.25, 0.3) is 5.91 Å². The molecule has 2 N–H and O–H groups in total. The van der Waals surface area contributed by atoms with Crippen LogP contribution in [-0.4, -0.2) is 26.8 Å². The number of pyridine rings is 3. The van der Waals surface area contributed by atoms with Crippen LogP contribution in [0, 0.1) is 12.8 Å². The normalized spacial score (nSPS) is 13.2. The number of hydrogen-bond donors (Lipinski definition) is 2. The molecular formula is C31H31N5O2. The molecule has 4 aromatic rings. The van der Waals surface area contributed by atoms with E-state index in [0.29, 0.717) is 17.1 Å². The number of nitrogens with zero attached hydrogens (tertiary/aromatic N) is 3. The Bertz CT molecular complexity index is 1520. The summed E-state index contributed by atoms with van der Waals surface area (Å²) in [5.41, 5.74) is 6.57. The van der Waals surface area contributed by atoms with E-state index in [0.717, 1.165) is 46.5 Å². The molecule has 1 aliphatic carbocycles. The highest BCUT2D eigenvalue weighted by Gasteiger charge is 2.29. The molecule has 0 bridgehead atoms. The van der Waals surface area contributed by atoms with E-state index < -0.39 is 0 Å². The van der Waals surface area contributed by atoms with Crippen molar-refractivity contribution in [2.45, 2.75) is 46.0 Å². The fraction of sp³-hybridized carbons (Fsp3) is 0.258.